The normalized spacial score (nSPS) is 12.0. The second-order valence-electron chi connectivity index (χ2n) is 25.1. The molecule has 0 aliphatic rings. The minimum absolute atomic E-state index is 0.618. The van der Waals surface area contributed by atoms with Crippen molar-refractivity contribution in [2.75, 3.05) is 259 Å². The van der Waals surface area contributed by atoms with Crippen LogP contribution in [0.15, 0.2) is 0 Å². The Kier molecular flexibility index (Phi) is 78.3. The molecule has 0 amide bonds. The highest BCUT2D eigenvalue weighted by atomic mass is 32.1. The molecule has 0 unspecified atom stereocenters. The Morgan fingerprint density at radius 2 is 0.274 bits per heavy atom. The molecular weight excluding hydrogens is 1120 g/mol. The van der Waals surface area contributed by atoms with Gasteiger partial charge in [0.1, 0.15) is 19.6 Å². The highest BCUT2D eigenvalue weighted by Crippen LogP contribution is 2.13. The molecule has 84 heavy (non-hydrogen) atoms. The first-order chi connectivity index (χ1) is 40.7. The van der Waals surface area contributed by atoms with Crippen molar-refractivity contribution in [2.45, 2.75) is 173 Å². The maximum atomic E-state index is 5.61. The lowest BCUT2D eigenvalue weighted by Crippen LogP contribution is -2.37. The molecule has 0 heterocycles. The highest BCUT2D eigenvalue weighted by Gasteiger charge is 2.08. The molecule has 0 radical (unpaired) electrons. The Balaban J connectivity index is -0.00000117. The quantitative estimate of drug-likeness (QED) is 0.0306. The van der Waals surface area contributed by atoms with E-state index in [1.165, 1.54) is 154 Å². The lowest BCUT2D eigenvalue weighted by molar-refractivity contribution is -0.870. The van der Waals surface area contributed by atoms with Crippen LogP contribution < -0.4 is 0 Å². The number of likely N-dealkylation sites (N-methyl/N-ethyl adjacent to an activating group) is 3. The molecule has 0 saturated heterocycles. The molecule has 0 fully saturated rings. The number of unbranched alkanes of at least 4 members (excludes halogenated alkanes) is 24. The van der Waals surface area contributed by atoms with Gasteiger partial charge < -0.3 is 70.3 Å². The number of quaternary nitrogens is 3. The molecule has 0 aliphatic heterocycles. The van der Waals surface area contributed by atoms with Crippen molar-refractivity contribution in [1.82, 2.24) is 0 Å². The third-order valence-electron chi connectivity index (χ3n) is 13.4. The minimum Gasteiger partial charge on any atom is -0.379 e. The van der Waals surface area contributed by atoms with Gasteiger partial charge in [0.2, 0.25) is 0 Å². The summed E-state index contributed by atoms with van der Waals surface area (Å²) in [5, 5.41) is 0. The summed E-state index contributed by atoms with van der Waals surface area (Å²) in [6, 6.07) is 0. The Labute approximate surface area is 537 Å². The van der Waals surface area contributed by atoms with Crippen LogP contribution in [0.2, 0.25) is 0 Å². The van der Waals surface area contributed by atoms with Gasteiger partial charge in [-0.3, -0.25) is 0 Å². The van der Waals surface area contributed by atoms with E-state index < -0.39 is 0 Å². The maximum Gasteiger partial charge on any atom is 0.102 e. The van der Waals surface area contributed by atoms with Gasteiger partial charge in [-0.25, -0.2) is 0 Å². The number of ether oxygens (including phenoxy) is 12. The fourth-order valence-electron chi connectivity index (χ4n) is 7.96. The summed E-state index contributed by atoms with van der Waals surface area (Å²) in [6.45, 7) is 19.5. The minimum atomic E-state index is 0.618. The zero-order valence-electron chi connectivity index (χ0n) is 56.9. The van der Waals surface area contributed by atoms with E-state index >= 15 is 0 Å². The van der Waals surface area contributed by atoms with Crippen molar-refractivity contribution in [3.05, 3.63) is 0 Å². The van der Waals surface area contributed by atoms with Gasteiger partial charge in [-0.05, 0) is 55.8 Å². The molecule has 0 bridgehead atoms. The van der Waals surface area contributed by atoms with E-state index in [4.69, 9.17) is 56.8 Å². The fourth-order valence-corrected chi connectivity index (χ4v) is 8.63. The van der Waals surface area contributed by atoms with Crippen LogP contribution in [-0.4, -0.2) is 272 Å². The highest BCUT2D eigenvalue weighted by molar-refractivity contribution is 7.80. The lowest BCUT2D eigenvalue weighted by atomic mass is 10.1. The third-order valence-corrected chi connectivity index (χ3v) is 14.4. The van der Waals surface area contributed by atoms with E-state index in [1.54, 1.807) is 0 Å². The molecule has 0 aromatic rings. The monoisotopic (exact) mass is 1270 g/mol. The average Bonchev–Trinajstić information content (AvgIpc) is 3.45. The van der Waals surface area contributed by atoms with Crippen LogP contribution in [0.5, 0.6) is 0 Å². The molecule has 18 heteroatoms. The van der Waals surface area contributed by atoms with Crippen LogP contribution in [0.3, 0.4) is 0 Å². The van der Waals surface area contributed by atoms with Gasteiger partial charge in [-0.1, -0.05) is 135 Å². The van der Waals surface area contributed by atoms with Crippen molar-refractivity contribution in [2.24, 2.45) is 0 Å². The van der Waals surface area contributed by atoms with Gasteiger partial charge in [0.15, 0.2) is 0 Å². The van der Waals surface area contributed by atoms with Crippen molar-refractivity contribution in [1.29, 1.82) is 0 Å². The van der Waals surface area contributed by atoms with Gasteiger partial charge in [-0.15, -0.1) is 0 Å². The van der Waals surface area contributed by atoms with Gasteiger partial charge in [-0.2, -0.15) is 37.9 Å². The van der Waals surface area contributed by atoms with Crippen molar-refractivity contribution < 1.29 is 70.3 Å². The third kappa shape index (κ3) is 96.1. The number of hydrogen-bond donors (Lipinski definition) is 3. The Bertz CT molecular complexity index is 1040. The molecule has 0 rings (SSSR count). The van der Waals surface area contributed by atoms with E-state index in [2.05, 4.69) is 101 Å². The Morgan fingerprint density at radius 3 is 0.417 bits per heavy atom. The molecular formula is C66H144N3O12S3+3. The van der Waals surface area contributed by atoms with Crippen molar-refractivity contribution in [3.63, 3.8) is 0 Å². The zero-order chi connectivity index (χ0) is 62.3. The molecule has 0 spiro atoms. The van der Waals surface area contributed by atoms with Crippen molar-refractivity contribution in [3.8, 4) is 0 Å². The van der Waals surface area contributed by atoms with Gasteiger partial charge in [0.05, 0.1) is 202 Å². The van der Waals surface area contributed by atoms with E-state index in [9.17, 15) is 0 Å². The second kappa shape index (κ2) is 74.2. The summed E-state index contributed by atoms with van der Waals surface area (Å²) < 4.78 is 69.2. The summed E-state index contributed by atoms with van der Waals surface area (Å²) in [6.07, 6.45) is 35.7. The topological polar surface area (TPSA) is 111 Å². The molecule has 0 atom stereocenters. The number of rotatable bonds is 69. The number of thiol groups is 3. The molecule has 0 saturated carbocycles. The van der Waals surface area contributed by atoms with E-state index in [1.807, 2.05) is 0 Å². The molecule has 0 aromatic heterocycles. The fraction of sp³-hybridized carbons (Fsp3) is 1.00. The summed E-state index contributed by atoms with van der Waals surface area (Å²) in [7, 11) is 19.5. The van der Waals surface area contributed by atoms with E-state index in [0.717, 1.165) is 109 Å². The first-order valence-electron chi connectivity index (χ1n) is 33.9. The van der Waals surface area contributed by atoms with Crippen molar-refractivity contribution >= 4 is 37.9 Å². The molecule has 0 N–H and O–H groups in total. The van der Waals surface area contributed by atoms with E-state index in [-0.39, 0.29) is 0 Å². The molecule has 0 aromatic carbocycles. The van der Waals surface area contributed by atoms with Crippen LogP contribution in [0.4, 0.5) is 0 Å². The molecule has 0 aliphatic carbocycles. The first kappa shape index (κ1) is 88.6. The Hall–Kier alpha value is 0.450. The largest absolute Gasteiger partial charge is 0.379 e. The SMILES string of the molecule is C[N+](C)(C)CCOCCOCCOCCOCCCCCCCCCCCS.C[N+](C)(C)CCOCCOCCOCCOCCCCCCCCCCCS.C[N+](C)(C)CCOCCOCCOCCOCCCCCCCCCCCS. The summed E-state index contributed by atoms with van der Waals surface area (Å²) in [5.74, 6) is 3.10. The van der Waals surface area contributed by atoms with Crippen LogP contribution in [-0.2, 0) is 56.8 Å². The lowest BCUT2D eigenvalue weighted by Gasteiger charge is -2.23. The first-order valence-corrected chi connectivity index (χ1v) is 35.7. The smallest absolute Gasteiger partial charge is 0.102 e. The zero-order valence-corrected chi connectivity index (χ0v) is 59.6. The van der Waals surface area contributed by atoms with Crippen LogP contribution in [0, 0.1) is 0 Å². The van der Waals surface area contributed by atoms with Gasteiger partial charge in [0.25, 0.3) is 0 Å². The van der Waals surface area contributed by atoms with Crippen LogP contribution in [0.25, 0.3) is 0 Å². The summed E-state index contributed by atoms with van der Waals surface area (Å²) in [4.78, 5) is 0. The molecule has 510 valence electrons. The number of nitrogens with zero attached hydrogens (tertiary/aromatic N) is 3. The van der Waals surface area contributed by atoms with Crippen LogP contribution in [0.1, 0.15) is 173 Å². The standard InChI is InChI=1S/3C22H47NO4S/c3*1-23(2,3)13-15-25-17-19-27-21-20-26-18-16-24-14-11-9-7-5-4-6-8-10-12-22-28/h3*4-22H2,1-3H3/p+3. The number of hydrogen-bond acceptors (Lipinski definition) is 15. The predicted octanol–water partition coefficient (Wildman–Crippen LogP) is 12.6. The second-order valence-corrected chi connectivity index (χ2v) is 26.4. The average molecular weight is 1270 g/mol. The van der Waals surface area contributed by atoms with Gasteiger partial charge in [0, 0.05) is 19.8 Å². The maximum absolute atomic E-state index is 5.61. The summed E-state index contributed by atoms with van der Waals surface area (Å²) in [5.41, 5.74) is 0. The van der Waals surface area contributed by atoms with E-state index in [0.29, 0.717) is 119 Å². The summed E-state index contributed by atoms with van der Waals surface area (Å²) >= 11 is 12.7. The predicted molar refractivity (Wildman–Crippen MR) is 365 cm³/mol. The van der Waals surface area contributed by atoms with Gasteiger partial charge >= 0.3 is 0 Å². The molecule has 15 nitrogen and oxygen atoms in total. The van der Waals surface area contributed by atoms with Crippen LogP contribution >= 0.6 is 37.9 Å². The Morgan fingerprint density at radius 1 is 0.155 bits per heavy atom.